The fraction of sp³-hybridized carbons (Fsp3) is 0.389. The van der Waals surface area contributed by atoms with Crippen LogP contribution < -0.4 is 5.32 Å². The molecule has 142 valence electrons. The van der Waals surface area contributed by atoms with Gasteiger partial charge in [-0.2, -0.15) is 5.10 Å². The molecule has 0 fully saturated rings. The number of carbonyl (C=O) groups is 1. The number of nitrogens with zero attached hydrogens (tertiary/aromatic N) is 4. The molecule has 0 radical (unpaired) electrons. The summed E-state index contributed by atoms with van der Waals surface area (Å²) < 4.78 is 2.33. The number of aromatic amines is 1. The van der Waals surface area contributed by atoms with E-state index in [1.165, 1.54) is 16.9 Å². The quantitative estimate of drug-likeness (QED) is 0.583. The molecule has 0 saturated carbocycles. The average molecular weight is 403 g/mol. The van der Waals surface area contributed by atoms with Gasteiger partial charge in [-0.15, -0.1) is 10.2 Å². The second-order valence-electron chi connectivity index (χ2n) is 6.77. The number of aromatic nitrogens is 5. The summed E-state index contributed by atoms with van der Waals surface area (Å²) in [6, 6.07) is 8.03. The Balaban J connectivity index is 1.64. The van der Waals surface area contributed by atoms with Crippen LogP contribution in [0.4, 0.5) is 5.13 Å². The van der Waals surface area contributed by atoms with Gasteiger partial charge < -0.3 is 5.32 Å². The highest BCUT2D eigenvalue weighted by Gasteiger charge is 2.13. The number of H-pyrrole nitrogens is 1. The van der Waals surface area contributed by atoms with Crippen LogP contribution in [0.2, 0.25) is 0 Å². The SMILES string of the molecule is Cc1ccc(-c2n[nH]c(=S)n2CCC(=O)Nc2nnc(CC(C)C)s2)cc1. The first-order chi connectivity index (χ1) is 12.9. The molecule has 0 aliphatic rings. The summed E-state index contributed by atoms with van der Waals surface area (Å²) in [5.41, 5.74) is 2.13. The highest BCUT2D eigenvalue weighted by Crippen LogP contribution is 2.20. The van der Waals surface area contributed by atoms with Crippen molar-refractivity contribution in [3.63, 3.8) is 0 Å². The number of rotatable bonds is 7. The number of amides is 1. The third kappa shape index (κ3) is 5.08. The molecule has 3 aromatic rings. The third-order valence-corrected chi connectivity index (χ3v) is 5.10. The molecule has 0 aliphatic heterocycles. The zero-order valence-electron chi connectivity index (χ0n) is 15.5. The molecule has 0 aliphatic carbocycles. The molecule has 0 bridgehead atoms. The van der Waals surface area contributed by atoms with Crippen molar-refractivity contribution in [3.05, 3.63) is 39.6 Å². The maximum absolute atomic E-state index is 12.3. The summed E-state index contributed by atoms with van der Waals surface area (Å²) >= 11 is 6.73. The average Bonchev–Trinajstić information content (AvgIpc) is 3.19. The summed E-state index contributed by atoms with van der Waals surface area (Å²) in [6.07, 6.45) is 1.13. The van der Waals surface area contributed by atoms with E-state index in [0.717, 1.165) is 22.8 Å². The van der Waals surface area contributed by atoms with Gasteiger partial charge in [0, 0.05) is 24.9 Å². The van der Waals surface area contributed by atoms with Gasteiger partial charge in [0.1, 0.15) is 5.01 Å². The molecule has 2 aromatic heterocycles. The zero-order valence-corrected chi connectivity index (χ0v) is 17.2. The lowest BCUT2D eigenvalue weighted by atomic mass is 10.1. The normalized spacial score (nSPS) is 11.1. The molecule has 2 heterocycles. The van der Waals surface area contributed by atoms with Crippen molar-refractivity contribution >= 4 is 34.6 Å². The predicted octanol–water partition coefficient (Wildman–Crippen LogP) is 3.99. The van der Waals surface area contributed by atoms with Crippen molar-refractivity contribution in [1.29, 1.82) is 0 Å². The van der Waals surface area contributed by atoms with Crippen LogP contribution in [0, 0.1) is 17.6 Å². The smallest absolute Gasteiger partial charge is 0.227 e. The van der Waals surface area contributed by atoms with Gasteiger partial charge in [-0.3, -0.25) is 14.5 Å². The molecule has 0 saturated heterocycles. The maximum atomic E-state index is 12.3. The Morgan fingerprint density at radius 3 is 2.74 bits per heavy atom. The van der Waals surface area contributed by atoms with E-state index in [1.807, 2.05) is 35.8 Å². The zero-order chi connectivity index (χ0) is 19.4. The first-order valence-electron chi connectivity index (χ1n) is 8.77. The standard InChI is InChI=1S/C18H22N6OS2/c1-11(2)10-15-20-22-17(27-15)19-14(25)8-9-24-16(21-23-18(24)26)13-6-4-12(3)5-7-13/h4-7,11H,8-10H2,1-3H3,(H,23,26)(H,19,22,25). The lowest BCUT2D eigenvalue weighted by Gasteiger charge is -2.07. The molecule has 0 atom stereocenters. The van der Waals surface area contributed by atoms with Gasteiger partial charge in [-0.25, -0.2) is 0 Å². The van der Waals surface area contributed by atoms with Crippen LogP contribution in [0.5, 0.6) is 0 Å². The van der Waals surface area contributed by atoms with E-state index in [0.29, 0.717) is 22.4 Å². The first-order valence-corrected chi connectivity index (χ1v) is 9.99. The van der Waals surface area contributed by atoms with Crippen molar-refractivity contribution in [2.75, 3.05) is 5.32 Å². The number of benzene rings is 1. The predicted molar refractivity (Wildman–Crippen MR) is 109 cm³/mol. The van der Waals surface area contributed by atoms with Gasteiger partial charge in [-0.1, -0.05) is 55.0 Å². The number of hydrogen-bond donors (Lipinski definition) is 2. The van der Waals surface area contributed by atoms with Crippen LogP contribution in [-0.4, -0.2) is 30.9 Å². The Labute approximate surface area is 166 Å². The molecule has 1 amide bonds. The lowest BCUT2D eigenvalue weighted by molar-refractivity contribution is -0.116. The molecule has 1 aromatic carbocycles. The van der Waals surface area contributed by atoms with Gasteiger partial charge in [0.25, 0.3) is 0 Å². The Kier molecular flexibility index (Phi) is 6.12. The van der Waals surface area contributed by atoms with Crippen molar-refractivity contribution in [2.45, 2.75) is 40.2 Å². The van der Waals surface area contributed by atoms with Gasteiger partial charge in [0.05, 0.1) is 0 Å². The largest absolute Gasteiger partial charge is 0.300 e. The van der Waals surface area contributed by atoms with Crippen LogP contribution in [-0.2, 0) is 17.8 Å². The minimum Gasteiger partial charge on any atom is -0.300 e. The fourth-order valence-electron chi connectivity index (χ4n) is 2.58. The van der Waals surface area contributed by atoms with Crippen molar-refractivity contribution in [3.8, 4) is 11.4 Å². The van der Waals surface area contributed by atoms with E-state index in [1.54, 1.807) is 0 Å². The van der Waals surface area contributed by atoms with Crippen LogP contribution in [0.3, 0.4) is 0 Å². The van der Waals surface area contributed by atoms with E-state index in [2.05, 4.69) is 39.6 Å². The molecule has 9 heteroatoms. The molecule has 27 heavy (non-hydrogen) atoms. The van der Waals surface area contributed by atoms with E-state index in [9.17, 15) is 4.79 Å². The second kappa shape index (κ2) is 8.53. The molecular weight excluding hydrogens is 380 g/mol. The van der Waals surface area contributed by atoms with Gasteiger partial charge in [0.15, 0.2) is 10.6 Å². The Bertz CT molecular complexity index is 970. The lowest BCUT2D eigenvalue weighted by Crippen LogP contribution is -2.15. The molecule has 7 nitrogen and oxygen atoms in total. The van der Waals surface area contributed by atoms with Gasteiger partial charge in [-0.05, 0) is 25.1 Å². The number of hydrogen-bond acceptors (Lipinski definition) is 6. The van der Waals surface area contributed by atoms with Crippen LogP contribution in [0.25, 0.3) is 11.4 Å². The van der Waals surface area contributed by atoms with Crippen molar-refractivity contribution in [1.82, 2.24) is 25.0 Å². The summed E-state index contributed by atoms with van der Waals surface area (Å²) in [4.78, 5) is 12.3. The van der Waals surface area contributed by atoms with E-state index < -0.39 is 0 Å². The van der Waals surface area contributed by atoms with Crippen LogP contribution >= 0.6 is 23.6 Å². The Morgan fingerprint density at radius 1 is 1.30 bits per heavy atom. The number of carbonyl (C=O) groups excluding carboxylic acids is 1. The monoisotopic (exact) mass is 402 g/mol. The number of nitrogens with one attached hydrogen (secondary N) is 2. The highest BCUT2D eigenvalue weighted by atomic mass is 32.1. The minimum absolute atomic E-state index is 0.125. The maximum Gasteiger partial charge on any atom is 0.227 e. The molecule has 0 unspecified atom stereocenters. The topological polar surface area (TPSA) is 88.5 Å². The highest BCUT2D eigenvalue weighted by molar-refractivity contribution is 7.71. The summed E-state index contributed by atoms with van der Waals surface area (Å²) in [5.74, 6) is 1.10. The third-order valence-electron chi connectivity index (χ3n) is 3.93. The Morgan fingerprint density at radius 2 is 2.04 bits per heavy atom. The fourth-order valence-corrected chi connectivity index (χ4v) is 3.77. The van der Waals surface area contributed by atoms with Gasteiger partial charge in [0.2, 0.25) is 11.0 Å². The Hall–Kier alpha value is -2.39. The number of anilines is 1. The summed E-state index contributed by atoms with van der Waals surface area (Å²) in [6.45, 7) is 6.72. The van der Waals surface area contributed by atoms with E-state index in [4.69, 9.17) is 12.2 Å². The first kappa shape index (κ1) is 19.4. The minimum atomic E-state index is -0.125. The molecule has 0 spiro atoms. The van der Waals surface area contributed by atoms with Gasteiger partial charge >= 0.3 is 0 Å². The van der Waals surface area contributed by atoms with E-state index in [-0.39, 0.29) is 12.3 Å². The summed E-state index contributed by atoms with van der Waals surface area (Å²) in [5, 5.41) is 19.5. The van der Waals surface area contributed by atoms with Crippen LogP contribution in [0.1, 0.15) is 30.8 Å². The molecule has 3 rings (SSSR count). The number of aryl methyl sites for hydroxylation is 1. The van der Waals surface area contributed by atoms with Crippen molar-refractivity contribution < 1.29 is 4.79 Å². The summed E-state index contributed by atoms with van der Waals surface area (Å²) in [7, 11) is 0. The van der Waals surface area contributed by atoms with Crippen LogP contribution in [0.15, 0.2) is 24.3 Å². The molecular formula is C18H22N6OS2. The second-order valence-corrected chi connectivity index (χ2v) is 8.22. The van der Waals surface area contributed by atoms with Crippen molar-refractivity contribution in [2.24, 2.45) is 5.92 Å². The molecule has 2 N–H and O–H groups in total. The van der Waals surface area contributed by atoms with E-state index >= 15 is 0 Å².